The van der Waals surface area contributed by atoms with Crippen molar-refractivity contribution in [3.63, 3.8) is 0 Å². The lowest BCUT2D eigenvalue weighted by Gasteiger charge is -2.10. The summed E-state index contributed by atoms with van der Waals surface area (Å²) in [6, 6.07) is 7.08. The molecule has 3 N–H and O–H groups in total. The number of hydrogen-bond acceptors (Lipinski definition) is 4. The molecule has 0 saturated carbocycles. The van der Waals surface area contributed by atoms with Gasteiger partial charge in [0.05, 0.1) is 12.6 Å². The second kappa shape index (κ2) is 6.62. The SMILES string of the molecule is CC(C)OC(=O)NCCOc1ccc(N)cc1. The number of benzene rings is 1. The minimum absolute atomic E-state index is 0.118. The molecule has 0 aromatic heterocycles. The van der Waals surface area contributed by atoms with Crippen LogP contribution in [0.1, 0.15) is 13.8 Å². The van der Waals surface area contributed by atoms with Crippen LogP contribution in [0.15, 0.2) is 24.3 Å². The lowest BCUT2D eigenvalue weighted by molar-refractivity contribution is 0.114. The molecule has 0 unspecified atom stereocenters. The smallest absolute Gasteiger partial charge is 0.407 e. The third-order valence-corrected chi connectivity index (χ3v) is 1.86. The van der Waals surface area contributed by atoms with Gasteiger partial charge in [-0.2, -0.15) is 0 Å². The first-order valence-electron chi connectivity index (χ1n) is 5.51. The number of amides is 1. The lowest BCUT2D eigenvalue weighted by atomic mass is 10.3. The lowest BCUT2D eigenvalue weighted by Crippen LogP contribution is -2.30. The average Bonchev–Trinajstić information content (AvgIpc) is 2.26. The summed E-state index contributed by atoms with van der Waals surface area (Å²) in [7, 11) is 0. The number of nitrogen functional groups attached to an aromatic ring is 1. The summed E-state index contributed by atoms with van der Waals surface area (Å²) in [5.74, 6) is 0.721. The van der Waals surface area contributed by atoms with Crippen LogP contribution in [0.4, 0.5) is 10.5 Å². The van der Waals surface area contributed by atoms with E-state index in [1.165, 1.54) is 0 Å². The van der Waals surface area contributed by atoms with Gasteiger partial charge in [0.1, 0.15) is 12.4 Å². The fourth-order valence-corrected chi connectivity index (χ4v) is 1.14. The molecule has 0 radical (unpaired) electrons. The maximum atomic E-state index is 11.1. The van der Waals surface area contributed by atoms with Gasteiger partial charge in [0.2, 0.25) is 0 Å². The van der Waals surface area contributed by atoms with Crippen LogP contribution >= 0.6 is 0 Å². The number of alkyl carbamates (subject to hydrolysis) is 1. The summed E-state index contributed by atoms with van der Waals surface area (Å²) in [6.07, 6.45) is -0.547. The molecule has 0 aliphatic rings. The van der Waals surface area contributed by atoms with Gasteiger partial charge in [-0.15, -0.1) is 0 Å². The van der Waals surface area contributed by atoms with Crippen molar-refractivity contribution in [1.82, 2.24) is 5.32 Å². The minimum Gasteiger partial charge on any atom is -0.492 e. The highest BCUT2D eigenvalue weighted by atomic mass is 16.6. The molecule has 0 saturated heterocycles. The van der Waals surface area contributed by atoms with Gasteiger partial charge in [-0.1, -0.05) is 0 Å². The van der Waals surface area contributed by atoms with E-state index in [4.69, 9.17) is 15.2 Å². The predicted molar refractivity (Wildman–Crippen MR) is 66.0 cm³/mol. The predicted octanol–water partition coefficient (Wildman–Crippen LogP) is 1.78. The Morgan fingerprint density at radius 1 is 1.35 bits per heavy atom. The molecule has 17 heavy (non-hydrogen) atoms. The quantitative estimate of drug-likeness (QED) is 0.605. The first-order valence-corrected chi connectivity index (χ1v) is 5.51. The Bertz CT molecular complexity index is 349. The number of rotatable bonds is 5. The van der Waals surface area contributed by atoms with Crippen molar-refractivity contribution >= 4 is 11.8 Å². The van der Waals surface area contributed by atoms with Gasteiger partial charge in [-0.3, -0.25) is 0 Å². The molecule has 94 valence electrons. The van der Waals surface area contributed by atoms with Gasteiger partial charge in [0.25, 0.3) is 0 Å². The Labute approximate surface area is 101 Å². The Morgan fingerprint density at radius 3 is 2.59 bits per heavy atom. The van der Waals surface area contributed by atoms with E-state index in [-0.39, 0.29) is 6.10 Å². The van der Waals surface area contributed by atoms with Gasteiger partial charge in [-0.25, -0.2) is 4.79 Å². The minimum atomic E-state index is -0.430. The van der Waals surface area contributed by atoms with E-state index in [1.54, 1.807) is 38.1 Å². The zero-order valence-electron chi connectivity index (χ0n) is 10.1. The molecule has 0 heterocycles. The third kappa shape index (κ3) is 5.65. The zero-order valence-corrected chi connectivity index (χ0v) is 10.1. The second-order valence-corrected chi connectivity index (χ2v) is 3.80. The molecule has 1 rings (SSSR count). The molecule has 0 atom stereocenters. The molecule has 0 aliphatic carbocycles. The molecule has 5 nitrogen and oxygen atoms in total. The molecule has 1 aromatic rings. The largest absolute Gasteiger partial charge is 0.492 e. The van der Waals surface area contributed by atoms with E-state index in [1.807, 2.05) is 0 Å². The molecule has 0 spiro atoms. The molecule has 1 aromatic carbocycles. The van der Waals surface area contributed by atoms with Crippen LogP contribution in [-0.4, -0.2) is 25.3 Å². The highest BCUT2D eigenvalue weighted by molar-refractivity contribution is 5.67. The zero-order chi connectivity index (χ0) is 12.7. The average molecular weight is 238 g/mol. The molecular formula is C12H18N2O3. The maximum Gasteiger partial charge on any atom is 0.407 e. The number of anilines is 1. The standard InChI is InChI=1S/C12H18N2O3/c1-9(2)17-12(15)14-7-8-16-11-5-3-10(13)4-6-11/h3-6,9H,7-8,13H2,1-2H3,(H,14,15). The number of nitrogens with two attached hydrogens (primary N) is 1. The van der Waals surface area contributed by atoms with Crippen molar-refractivity contribution in [2.24, 2.45) is 0 Å². The first kappa shape index (κ1) is 13.2. The van der Waals surface area contributed by atoms with Gasteiger partial charge < -0.3 is 20.5 Å². The first-order chi connectivity index (χ1) is 8.08. The Morgan fingerprint density at radius 2 is 2.00 bits per heavy atom. The summed E-state index contributed by atoms with van der Waals surface area (Å²) in [4.78, 5) is 11.1. The van der Waals surface area contributed by atoms with Crippen molar-refractivity contribution in [3.8, 4) is 5.75 Å². The van der Waals surface area contributed by atoms with Crippen LogP contribution in [-0.2, 0) is 4.74 Å². The van der Waals surface area contributed by atoms with Crippen LogP contribution in [0.2, 0.25) is 0 Å². The number of carbonyl (C=O) groups excluding carboxylic acids is 1. The van der Waals surface area contributed by atoms with Gasteiger partial charge in [0.15, 0.2) is 0 Å². The van der Waals surface area contributed by atoms with Crippen molar-refractivity contribution < 1.29 is 14.3 Å². The second-order valence-electron chi connectivity index (χ2n) is 3.80. The molecule has 5 heteroatoms. The fourth-order valence-electron chi connectivity index (χ4n) is 1.14. The highest BCUT2D eigenvalue weighted by Gasteiger charge is 2.03. The molecule has 0 fully saturated rings. The highest BCUT2D eigenvalue weighted by Crippen LogP contribution is 2.12. The summed E-state index contributed by atoms with van der Waals surface area (Å²) >= 11 is 0. The normalized spacial score (nSPS) is 10.1. The summed E-state index contributed by atoms with van der Waals surface area (Å²) in [5, 5.41) is 2.58. The monoisotopic (exact) mass is 238 g/mol. The van der Waals surface area contributed by atoms with Crippen molar-refractivity contribution in [3.05, 3.63) is 24.3 Å². The Kier molecular flexibility index (Phi) is 5.13. The van der Waals surface area contributed by atoms with E-state index >= 15 is 0 Å². The van der Waals surface area contributed by atoms with E-state index in [0.29, 0.717) is 18.8 Å². The van der Waals surface area contributed by atoms with Crippen LogP contribution in [0.5, 0.6) is 5.75 Å². The van der Waals surface area contributed by atoms with E-state index in [0.717, 1.165) is 5.75 Å². The molecule has 1 amide bonds. The van der Waals surface area contributed by atoms with E-state index in [2.05, 4.69) is 5.32 Å². The molecular weight excluding hydrogens is 220 g/mol. The van der Waals surface area contributed by atoms with E-state index in [9.17, 15) is 4.79 Å². The number of carbonyl (C=O) groups is 1. The van der Waals surface area contributed by atoms with E-state index < -0.39 is 6.09 Å². The van der Waals surface area contributed by atoms with Crippen molar-refractivity contribution in [2.75, 3.05) is 18.9 Å². The third-order valence-electron chi connectivity index (χ3n) is 1.86. The molecule has 0 aliphatic heterocycles. The number of nitrogens with one attached hydrogen (secondary N) is 1. The number of ether oxygens (including phenoxy) is 2. The molecule has 0 bridgehead atoms. The van der Waals surface area contributed by atoms with Gasteiger partial charge in [0, 0.05) is 5.69 Å². The van der Waals surface area contributed by atoms with Crippen molar-refractivity contribution in [2.45, 2.75) is 20.0 Å². The fraction of sp³-hybridized carbons (Fsp3) is 0.417. The Balaban J connectivity index is 2.16. The topological polar surface area (TPSA) is 73.6 Å². The number of hydrogen-bond donors (Lipinski definition) is 2. The van der Waals surface area contributed by atoms with Gasteiger partial charge in [-0.05, 0) is 38.1 Å². The van der Waals surface area contributed by atoms with Crippen LogP contribution in [0.3, 0.4) is 0 Å². The van der Waals surface area contributed by atoms with Crippen molar-refractivity contribution in [1.29, 1.82) is 0 Å². The van der Waals surface area contributed by atoms with Crippen LogP contribution in [0, 0.1) is 0 Å². The van der Waals surface area contributed by atoms with Crippen LogP contribution in [0.25, 0.3) is 0 Å². The summed E-state index contributed by atoms with van der Waals surface area (Å²) < 4.78 is 10.3. The summed E-state index contributed by atoms with van der Waals surface area (Å²) in [5.41, 5.74) is 6.23. The van der Waals surface area contributed by atoms with Crippen LogP contribution < -0.4 is 15.8 Å². The van der Waals surface area contributed by atoms with Gasteiger partial charge >= 0.3 is 6.09 Å². The maximum absolute atomic E-state index is 11.1. The Hall–Kier alpha value is -1.91. The summed E-state index contributed by atoms with van der Waals surface area (Å²) in [6.45, 7) is 4.38.